The van der Waals surface area contributed by atoms with Gasteiger partial charge in [0.1, 0.15) is 0 Å². The number of nitrogens with zero attached hydrogens (tertiary/aromatic N) is 1. The van der Waals surface area contributed by atoms with Gasteiger partial charge in [0, 0.05) is 18.7 Å². The topological polar surface area (TPSA) is 20.3 Å². The van der Waals surface area contributed by atoms with Crippen molar-refractivity contribution >= 4 is 21.8 Å². The molecule has 0 bridgehead atoms. The van der Waals surface area contributed by atoms with E-state index in [1.807, 2.05) is 0 Å². The second kappa shape index (κ2) is 3.89. The minimum Gasteiger partial charge on any atom is -0.339 e. The largest absolute Gasteiger partial charge is 0.339 e. The zero-order valence-electron chi connectivity index (χ0n) is 7.77. The van der Waals surface area contributed by atoms with Crippen molar-refractivity contribution in [3.63, 3.8) is 0 Å². The fourth-order valence-corrected chi connectivity index (χ4v) is 1.82. The predicted octanol–water partition coefficient (Wildman–Crippen LogP) is 2.57. The summed E-state index contributed by atoms with van der Waals surface area (Å²) in [4.78, 5) is 13.3. The van der Waals surface area contributed by atoms with Crippen molar-refractivity contribution in [3.8, 4) is 0 Å². The molecule has 0 N–H and O–H groups in total. The molecule has 1 amide bonds. The Labute approximate surface area is 94.0 Å². The monoisotopic (exact) mass is 275 g/mol. The highest BCUT2D eigenvalue weighted by atomic mass is 79.9. The molecule has 1 saturated heterocycles. The van der Waals surface area contributed by atoms with Gasteiger partial charge < -0.3 is 4.90 Å². The Morgan fingerprint density at radius 3 is 2.47 bits per heavy atom. The van der Waals surface area contributed by atoms with E-state index in [2.05, 4.69) is 15.9 Å². The molecule has 1 aromatic rings. The fraction of sp³-hybridized carbons (Fsp3) is 0.300. The lowest BCUT2D eigenvalue weighted by atomic mass is 10.1. The molecule has 80 valence electrons. The third-order valence-corrected chi connectivity index (χ3v) is 2.95. The van der Waals surface area contributed by atoms with Crippen LogP contribution < -0.4 is 0 Å². The van der Waals surface area contributed by atoms with E-state index < -0.39 is 11.6 Å². The number of amides is 1. The highest BCUT2D eigenvalue weighted by Crippen LogP contribution is 2.22. The lowest BCUT2D eigenvalue weighted by Gasteiger charge is -2.30. The van der Waals surface area contributed by atoms with E-state index in [9.17, 15) is 13.6 Å². The van der Waals surface area contributed by atoms with Crippen molar-refractivity contribution in [3.05, 3.63) is 33.8 Å². The van der Waals surface area contributed by atoms with Crippen molar-refractivity contribution in [2.24, 2.45) is 0 Å². The van der Waals surface area contributed by atoms with Crippen LogP contribution in [0, 0.1) is 11.6 Å². The summed E-state index contributed by atoms with van der Waals surface area (Å²) in [5.74, 6) is -2.22. The van der Waals surface area contributed by atoms with Crippen molar-refractivity contribution in [2.45, 2.75) is 6.42 Å². The van der Waals surface area contributed by atoms with Crippen LogP contribution >= 0.6 is 15.9 Å². The molecule has 1 aromatic carbocycles. The predicted molar refractivity (Wildman–Crippen MR) is 54.6 cm³/mol. The van der Waals surface area contributed by atoms with Gasteiger partial charge in [-0.1, -0.05) is 0 Å². The van der Waals surface area contributed by atoms with Gasteiger partial charge in [-0.15, -0.1) is 0 Å². The minimum atomic E-state index is -1.01. The first-order chi connectivity index (χ1) is 7.09. The van der Waals surface area contributed by atoms with E-state index in [-0.39, 0.29) is 15.9 Å². The molecule has 1 aliphatic heterocycles. The lowest BCUT2D eigenvalue weighted by Crippen LogP contribution is -2.42. The molecule has 2 rings (SSSR count). The van der Waals surface area contributed by atoms with Gasteiger partial charge in [-0.05, 0) is 34.5 Å². The van der Waals surface area contributed by atoms with Crippen molar-refractivity contribution in [1.29, 1.82) is 0 Å². The SMILES string of the molecule is O=C(c1cc(F)c(F)c(Br)c1)N1CCC1. The molecule has 1 heterocycles. The molecule has 0 aliphatic carbocycles. The van der Waals surface area contributed by atoms with Gasteiger partial charge in [-0.25, -0.2) is 8.78 Å². The molecule has 0 aromatic heterocycles. The van der Waals surface area contributed by atoms with Gasteiger partial charge in [-0.3, -0.25) is 4.79 Å². The number of rotatable bonds is 1. The van der Waals surface area contributed by atoms with Crippen LogP contribution in [0.4, 0.5) is 8.78 Å². The smallest absolute Gasteiger partial charge is 0.254 e. The van der Waals surface area contributed by atoms with Gasteiger partial charge >= 0.3 is 0 Å². The second-order valence-corrected chi connectivity index (χ2v) is 4.25. The number of hydrogen-bond acceptors (Lipinski definition) is 1. The van der Waals surface area contributed by atoms with Gasteiger partial charge in [0.15, 0.2) is 11.6 Å². The van der Waals surface area contributed by atoms with Crippen LogP contribution in [0.25, 0.3) is 0 Å². The van der Waals surface area contributed by atoms with Crippen LogP contribution in [-0.2, 0) is 0 Å². The Kier molecular flexibility index (Phi) is 2.73. The van der Waals surface area contributed by atoms with Crippen molar-refractivity contribution in [2.75, 3.05) is 13.1 Å². The Morgan fingerprint density at radius 2 is 2.00 bits per heavy atom. The molecule has 2 nitrogen and oxygen atoms in total. The summed E-state index contributed by atoms with van der Waals surface area (Å²) in [5, 5.41) is 0. The number of likely N-dealkylation sites (tertiary alicyclic amines) is 1. The summed E-state index contributed by atoms with van der Waals surface area (Å²) in [6.45, 7) is 1.38. The molecule has 0 radical (unpaired) electrons. The maximum Gasteiger partial charge on any atom is 0.254 e. The van der Waals surface area contributed by atoms with E-state index in [1.165, 1.54) is 6.07 Å². The zero-order chi connectivity index (χ0) is 11.0. The molecular weight excluding hydrogens is 268 g/mol. The van der Waals surface area contributed by atoms with E-state index in [4.69, 9.17) is 0 Å². The van der Waals surface area contributed by atoms with Crippen LogP contribution in [0.3, 0.4) is 0 Å². The van der Waals surface area contributed by atoms with E-state index in [0.29, 0.717) is 13.1 Å². The maximum atomic E-state index is 13.0. The number of hydrogen-bond donors (Lipinski definition) is 0. The molecule has 5 heteroatoms. The van der Waals surface area contributed by atoms with E-state index >= 15 is 0 Å². The summed E-state index contributed by atoms with van der Waals surface area (Å²) < 4.78 is 25.9. The van der Waals surface area contributed by atoms with Gasteiger partial charge in [0.2, 0.25) is 0 Å². The van der Waals surface area contributed by atoms with Crippen LogP contribution in [0.1, 0.15) is 16.8 Å². The molecule has 1 aliphatic rings. The molecular formula is C10H8BrF2NO. The summed E-state index contributed by atoms with van der Waals surface area (Å²) in [7, 11) is 0. The van der Waals surface area contributed by atoms with Gasteiger partial charge in [0.25, 0.3) is 5.91 Å². The molecule has 0 atom stereocenters. The fourth-order valence-electron chi connectivity index (χ4n) is 1.38. The third kappa shape index (κ3) is 1.88. The van der Waals surface area contributed by atoms with Crippen LogP contribution in [0.5, 0.6) is 0 Å². The first kappa shape index (κ1) is 10.5. The van der Waals surface area contributed by atoms with Gasteiger partial charge in [-0.2, -0.15) is 0 Å². The van der Waals surface area contributed by atoms with E-state index in [0.717, 1.165) is 12.5 Å². The number of carbonyl (C=O) groups is 1. The second-order valence-electron chi connectivity index (χ2n) is 3.40. The first-order valence-corrected chi connectivity index (χ1v) is 5.32. The first-order valence-electron chi connectivity index (χ1n) is 4.53. The van der Waals surface area contributed by atoms with Crippen LogP contribution in [0.2, 0.25) is 0 Å². The summed E-state index contributed by atoms with van der Waals surface area (Å²) in [6.07, 6.45) is 0.969. The average Bonchev–Trinajstić information content (AvgIpc) is 2.10. The van der Waals surface area contributed by atoms with Gasteiger partial charge in [0.05, 0.1) is 4.47 Å². The van der Waals surface area contributed by atoms with E-state index in [1.54, 1.807) is 4.90 Å². The molecule has 0 saturated carbocycles. The molecule has 15 heavy (non-hydrogen) atoms. The molecule has 0 unspecified atom stereocenters. The number of benzene rings is 1. The quantitative estimate of drug-likeness (QED) is 0.722. The van der Waals surface area contributed by atoms with Crippen LogP contribution in [0.15, 0.2) is 16.6 Å². The number of carbonyl (C=O) groups excluding carboxylic acids is 1. The lowest BCUT2D eigenvalue weighted by molar-refractivity contribution is 0.0651. The standard InChI is InChI=1S/C10H8BrF2NO/c11-7-4-6(5-8(12)9(7)13)10(15)14-2-1-3-14/h4-5H,1-3H2. The maximum absolute atomic E-state index is 13.0. The normalized spacial score (nSPS) is 15.0. The average molecular weight is 276 g/mol. The van der Waals surface area contributed by atoms with Crippen molar-refractivity contribution < 1.29 is 13.6 Å². The highest BCUT2D eigenvalue weighted by molar-refractivity contribution is 9.10. The summed E-state index contributed by atoms with van der Waals surface area (Å²) in [5.41, 5.74) is 0.181. The number of halogens is 3. The summed E-state index contributed by atoms with van der Waals surface area (Å²) in [6, 6.07) is 2.24. The Balaban J connectivity index is 2.32. The Bertz CT molecular complexity index is 395. The third-order valence-electron chi connectivity index (χ3n) is 2.37. The van der Waals surface area contributed by atoms with Crippen molar-refractivity contribution in [1.82, 2.24) is 4.90 Å². The minimum absolute atomic E-state index is 0.0219. The highest BCUT2D eigenvalue weighted by Gasteiger charge is 2.23. The zero-order valence-corrected chi connectivity index (χ0v) is 9.35. The van der Waals surface area contributed by atoms with Crippen LogP contribution in [-0.4, -0.2) is 23.9 Å². The Hall–Kier alpha value is -0.970. The summed E-state index contributed by atoms with van der Waals surface area (Å²) >= 11 is 2.87. The Morgan fingerprint density at radius 1 is 1.33 bits per heavy atom. The molecule has 1 fully saturated rings. The molecule has 0 spiro atoms.